The van der Waals surface area contributed by atoms with E-state index >= 15 is 0 Å². The maximum Gasteiger partial charge on any atom is 0.195 e. The third kappa shape index (κ3) is 6.02. The molecule has 0 spiro atoms. The highest BCUT2D eigenvalue weighted by Gasteiger charge is 2.22. The Morgan fingerprint density at radius 1 is 1.18 bits per heavy atom. The maximum absolute atomic E-state index is 13.0. The van der Waals surface area contributed by atoms with Crippen molar-refractivity contribution in [2.45, 2.75) is 58.9 Å². The lowest BCUT2D eigenvalue weighted by Crippen LogP contribution is -2.32. The van der Waals surface area contributed by atoms with Gasteiger partial charge in [0.25, 0.3) is 0 Å². The van der Waals surface area contributed by atoms with Gasteiger partial charge in [-0.2, -0.15) is 5.10 Å². The Labute approximate surface area is 233 Å². The number of anilines is 1. The average molecular weight is 542 g/mol. The molecule has 9 heteroatoms. The van der Waals surface area contributed by atoms with Gasteiger partial charge in [-0.25, -0.2) is 19.6 Å². The van der Waals surface area contributed by atoms with E-state index in [1.54, 1.807) is 0 Å². The standard InChI is InChI=1S/C30H35N7OS/c1-19-6-7-21(15-24(38)29-34-25(17-39-29)30(2,3)4)14-22(19)8-9-23-26-27(31)32-18-33-28(26)37(35-23)16-20-10-12-36(5)13-11-20/h6-7,14,17-18,20H,10-13,15-16H2,1-5H3,(H2,31,32,33). The molecule has 0 atom stereocenters. The van der Waals surface area contributed by atoms with E-state index in [-0.39, 0.29) is 17.6 Å². The Balaban J connectivity index is 1.40. The summed E-state index contributed by atoms with van der Waals surface area (Å²) in [5.74, 6) is 7.45. The van der Waals surface area contributed by atoms with Crippen LogP contribution >= 0.6 is 11.3 Å². The van der Waals surface area contributed by atoms with Gasteiger partial charge in [0, 0.05) is 29.3 Å². The number of fused-ring (bicyclic) bond motifs is 1. The van der Waals surface area contributed by atoms with Crippen LogP contribution in [0.15, 0.2) is 29.9 Å². The number of nitrogens with zero attached hydrogens (tertiary/aromatic N) is 6. The molecule has 2 N–H and O–H groups in total. The molecule has 39 heavy (non-hydrogen) atoms. The monoisotopic (exact) mass is 541 g/mol. The second-order valence-electron chi connectivity index (χ2n) is 11.5. The molecule has 0 saturated carbocycles. The fraction of sp³-hybridized carbons (Fsp3) is 0.433. The maximum atomic E-state index is 13.0. The first-order valence-electron chi connectivity index (χ1n) is 13.3. The van der Waals surface area contributed by atoms with E-state index in [1.165, 1.54) is 17.7 Å². The Bertz CT molecular complexity index is 1580. The Kier molecular flexibility index (Phi) is 7.52. The lowest BCUT2D eigenvalue weighted by molar-refractivity contribution is 0.0992. The van der Waals surface area contributed by atoms with Crippen molar-refractivity contribution in [1.82, 2.24) is 29.6 Å². The van der Waals surface area contributed by atoms with Gasteiger partial charge in [-0.1, -0.05) is 38.8 Å². The summed E-state index contributed by atoms with van der Waals surface area (Å²) < 4.78 is 1.94. The fourth-order valence-corrected chi connectivity index (χ4v) is 5.77. The van der Waals surface area contributed by atoms with Crippen molar-refractivity contribution in [3.8, 4) is 11.8 Å². The molecule has 0 bridgehead atoms. The van der Waals surface area contributed by atoms with E-state index in [0.29, 0.717) is 27.8 Å². The molecular weight excluding hydrogens is 506 g/mol. The van der Waals surface area contributed by atoms with Crippen LogP contribution in [0.2, 0.25) is 0 Å². The highest BCUT2D eigenvalue weighted by atomic mass is 32.1. The molecule has 1 aromatic carbocycles. The van der Waals surface area contributed by atoms with Crippen molar-refractivity contribution in [1.29, 1.82) is 0 Å². The minimum absolute atomic E-state index is 0.0156. The van der Waals surface area contributed by atoms with Crippen LogP contribution in [0.1, 0.15) is 71.5 Å². The number of ketones is 1. The summed E-state index contributed by atoms with van der Waals surface area (Å²) in [5.41, 5.74) is 11.2. The number of piperidine rings is 1. The highest BCUT2D eigenvalue weighted by Crippen LogP contribution is 2.26. The summed E-state index contributed by atoms with van der Waals surface area (Å²) in [6, 6.07) is 5.97. The molecule has 0 amide bonds. The van der Waals surface area contributed by atoms with E-state index < -0.39 is 0 Å². The molecule has 1 saturated heterocycles. The minimum atomic E-state index is -0.0830. The second-order valence-corrected chi connectivity index (χ2v) is 12.4. The van der Waals surface area contributed by atoms with Crippen LogP contribution in [-0.4, -0.2) is 55.6 Å². The van der Waals surface area contributed by atoms with Gasteiger partial charge in [-0.3, -0.25) is 4.79 Å². The minimum Gasteiger partial charge on any atom is -0.383 e. The van der Waals surface area contributed by atoms with E-state index in [2.05, 4.69) is 59.5 Å². The first-order valence-corrected chi connectivity index (χ1v) is 14.2. The molecule has 4 aromatic rings. The Morgan fingerprint density at radius 2 is 1.95 bits per heavy atom. The third-order valence-corrected chi connectivity index (χ3v) is 8.20. The van der Waals surface area contributed by atoms with Gasteiger partial charge in [0.15, 0.2) is 16.4 Å². The van der Waals surface area contributed by atoms with Crippen LogP contribution in [0.4, 0.5) is 5.82 Å². The predicted molar refractivity (Wildman–Crippen MR) is 156 cm³/mol. The Morgan fingerprint density at radius 3 is 2.67 bits per heavy atom. The number of Topliss-reactive ketones (excluding diaryl/α,β-unsaturated/α-hetero) is 1. The summed E-state index contributed by atoms with van der Waals surface area (Å²) in [7, 11) is 2.16. The van der Waals surface area contributed by atoms with Gasteiger partial charge >= 0.3 is 0 Å². The van der Waals surface area contributed by atoms with E-state index in [1.807, 2.05) is 35.2 Å². The quantitative estimate of drug-likeness (QED) is 0.290. The van der Waals surface area contributed by atoms with Gasteiger partial charge in [-0.15, -0.1) is 11.3 Å². The number of rotatable bonds is 5. The van der Waals surface area contributed by atoms with Crippen molar-refractivity contribution in [2.75, 3.05) is 25.9 Å². The molecule has 0 unspecified atom stereocenters. The molecule has 5 rings (SSSR count). The zero-order valence-electron chi connectivity index (χ0n) is 23.3. The molecular formula is C30H35N7OS. The largest absolute Gasteiger partial charge is 0.383 e. The summed E-state index contributed by atoms with van der Waals surface area (Å²) >= 11 is 1.41. The zero-order valence-corrected chi connectivity index (χ0v) is 24.1. The van der Waals surface area contributed by atoms with Crippen LogP contribution in [-0.2, 0) is 18.4 Å². The lowest BCUT2D eigenvalue weighted by atomic mass is 9.93. The average Bonchev–Trinajstić information content (AvgIpc) is 3.52. The smallest absolute Gasteiger partial charge is 0.195 e. The number of thiazole rings is 1. The molecule has 4 heterocycles. The van der Waals surface area contributed by atoms with Crippen molar-refractivity contribution in [3.05, 3.63) is 63.0 Å². The lowest BCUT2D eigenvalue weighted by Gasteiger charge is -2.28. The van der Waals surface area contributed by atoms with Crippen molar-refractivity contribution in [2.24, 2.45) is 5.92 Å². The molecule has 1 fully saturated rings. The summed E-state index contributed by atoms with van der Waals surface area (Å²) in [4.78, 5) is 28.6. The molecule has 1 aliphatic rings. The number of benzene rings is 1. The molecule has 0 radical (unpaired) electrons. The van der Waals surface area contributed by atoms with E-state index in [4.69, 9.17) is 10.8 Å². The molecule has 0 aliphatic carbocycles. The van der Waals surface area contributed by atoms with Crippen LogP contribution in [0.25, 0.3) is 11.0 Å². The second kappa shape index (κ2) is 10.9. The third-order valence-electron chi connectivity index (χ3n) is 7.32. The van der Waals surface area contributed by atoms with Crippen LogP contribution < -0.4 is 5.73 Å². The van der Waals surface area contributed by atoms with Gasteiger partial charge in [-0.05, 0) is 68.9 Å². The first kappa shape index (κ1) is 27.0. The normalized spacial score (nSPS) is 14.9. The summed E-state index contributed by atoms with van der Waals surface area (Å²) in [6.45, 7) is 11.3. The molecule has 8 nitrogen and oxygen atoms in total. The van der Waals surface area contributed by atoms with Gasteiger partial charge in [0.05, 0.1) is 11.1 Å². The number of carbonyl (C=O) groups is 1. The van der Waals surface area contributed by atoms with E-state index in [0.717, 1.165) is 60.5 Å². The number of nitrogens with two attached hydrogens (primary N) is 1. The van der Waals surface area contributed by atoms with E-state index in [9.17, 15) is 4.79 Å². The van der Waals surface area contributed by atoms with Gasteiger partial charge < -0.3 is 10.6 Å². The Hall–Kier alpha value is -3.61. The number of likely N-dealkylation sites (tertiary alicyclic amines) is 1. The molecule has 1 aliphatic heterocycles. The van der Waals surface area contributed by atoms with Crippen molar-refractivity contribution < 1.29 is 4.79 Å². The number of aryl methyl sites for hydroxylation is 1. The topological polar surface area (TPSA) is 103 Å². The van der Waals surface area contributed by atoms with Gasteiger partial charge in [0.1, 0.15) is 17.8 Å². The van der Waals surface area contributed by atoms with Crippen molar-refractivity contribution in [3.63, 3.8) is 0 Å². The number of hydrogen-bond donors (Lipinski definition) is 1. The summed E-state index contributed by atoms with van der Waals surface area (Å²) in [6.07, 6.45) is 4.02. The van der Waals surface area contributed by atoms with Crippen LogP contribution in [0.3, 0.4) is 0 Å². The predicted octanol–water partition coefficient (Wildman–Crippen LogP) is 4.64. The number of hydrogen-bond acceptors (Lipinski definition) is 8. The van der Waals surface area contributed by atoms with Crippen LogP contribution in [0.5, 0.6) is 0 Å². The first-order chi connectivity index (χ1) is 18.6. The molecule has 202 valence electrons. The number of aromatic nitrogens is 5. The number of carbonyl (C=O) groups excluding carboxylic acids is 1. The summed E-state index contributed by atoms with van der Waals surface area (Å²) in [5, 5.41) is 8.04. The SMILES string of the molecule is Cc1ccc(CC(=O)c2nc(C(C)(C)C)cs2)cc1C#Cc1nn(CC2CCN(C)CC2)c2ncnc(N)c12. The number of nitrogen functional groups attached to an aromatic ring is 1. The highest BCUT2D eigenvalue weighted by molar-refractivity contribution is 7.11. The van der Waals surface area contributed by atoms with Gasteiger partial charge in [0.2, 0.25) is 0 Å². The van der Waals surface area contributed by atoms with Crippen molar-refractivity contribution >= 4 is 34.0 Å². The van der Waals surface area contributed by atoms with Crippen LogP contribution in [0, 0.1) is 24.7 Å². The molecule has 3 aromatic heterocycles. The fourth-order valence-electron chi connectivity index (χ4n) is 4.78. The zero-order chi connectivity index (χ0) is 27.7.